The molecule has 4 N–H and O–H groups in total. The van der Waals surface area contributed by atoms with Crippen LogP contribution in [0, 0.1) is 0 Å². The van der Waals surface area contributed by atoms with E-state index in [-0.39, 0.29) is 18.4 Å². The van der Waals surface area contributed by atoms with Crippen molar-refractivity contribution in [1.29, 1.82) is 0 Å². The minimum atomic E-state index is -0.411. The molecule has 0 unspecified atom stereocenters. The Morgan fingerprint density at radius 3 is 2.08 bits per heavy atom. The van der Waals surface area contributed by atoms with Gasteiger partial charge in [-0.25, -0.2) is 0 Å². The van der Waals surface area contributed by atoms with Crippen LogP contribution in [0.3, 0.4) is 0 Å². The number of rotatable bonds is 2. The molecule has 0 aromatic heterocycles. The summed E-state index contributed by atoms with van der Waals surface area (Å²) >= 11 is 0. The minimum Gasteiger partial charge on any atom is -0.366 e. The van der Waals surface area contributed by atoms with Gasteiger partial charge < -0.3 is 11.5 Å². The number of nitrogens with two attached hydrogens (primary N) is 2. The maximum Gasteiger partial charge on any atom is 0.248 e. The van der Waals surface area contributed by atoms with Crippen molar-refractivity contribution in [1.82, 2.24) is 0 Å². The summed E-state index contributed by atoms with van der Waals surface area (Å²) in [6.45, 7) is 1.89. The van der Waals surface area contributed by atoms with Crippen molar-refractivity contribution in [2.75, 3.05) is 0 Å². The number of hydrogen-bond donors (Lipinski definition) is 2. The molecule has 0 saturated heterocycles. The van der Waals surface area contributed by atoms with E-state index >= 15 is 0 Å². The van der Waals surface area contributed by atoms with Gasteiger partial charge in [0, 0.05) is 11.6 Å². The van der Waals surface area contributed by atoms with Crippen LogP contribution < -0.4 is 11.5 Å². The molecule has 1 aromatic carbocycles. The van der Waals surface area contributed by atoms with Gasteiger partial charge in [0.25, 0.3) is 0 Å². The van der Waals surface area contributed by atoms with Gasteiger partial charge in [0.15, 0.2) is 0 Å². The Hall–Kier alpha value is -1.06. The topological polar surface area (TPSA) is 69.1 Å². The Balaban J connectivity index is 0.00000144. The summed E-state index contributed by atoms with van der Waals surface area (Å²) in [6, 6.07) is 6.98. The van der Waals surface area contributed by atoms with Gasteiger partial charge in [0.05, 0.1) is 0 Å². The highest BCUT2D eigenvalue weighted by Gasteiger charge is 2.01. The quantitative estimate of drug-likeness (QED) is 0.754. The zero-order valence-electron chi connectivity index (χ0n) is 7.36. The lowest BCUT2D eigenvalue weighted by Crippen LogP contribution is -2.11. The molecule has 0 bridgehead atoms. The van der Waals surface area contributed by atoms with E-state index in [1.54, 1.807) is 12.1 Å². The number of carbonyl (C=O) groups excluding carboxylic acids is 1. The van der Waals surface area contributed by atoms with Crippen LogP contribution in [0.4, 0.5) is 0 Å². The smallest absolute Gasteiger partial charge is 0.248 e. The monoisotopic (exact) mass is 200 g/mol. The Morgan fingerprint density at radius 2 is 1.77 bits per heavy atom. The van der Waals surface area contributed by atoms with Crippen molar-refractivity contribution in [3.63, 3.8) is 0 Å². The largest absolute Gasteiger partial charge is 0.366 e. The molecule has 3 nitrogen and oxygen atoms in total. The highest BCUT2D eigenvalue weighted by Crippen LogP contribution is 2.09. The molecule has 4 heteroatoms. The fourth-order valence-electron chi connectivity index (χ4n) is 0.951. The van der Waals surface area contributed by atoms with Gasteiger partial charge in [-0.15, -0.1) is 12.4 Å². The van der Waals surface area contributed by atoms with Crippen LogP contribution in [-0.2, 0) is 0 Å². The Morgan fingerprint density at radius 1 is 1.31 bits per heavy atom. The third-order valence-corrected chi connectivity index (χ3v) is 1.72. The van der Waals surface area contributed by atoms with Crippen molar-refractivity contribution in [2.24, 2.45) is 11.5 Å². The van der Waals surface area contributed by atoms with Crippen LogP contribution in [0.15, 0.2) is 24.3 Å². The Kier molecular flexibility index (Phi) is 4.45. The molecule has 0 spiro atoms. The van der Waals surface area contributed by atoms with Gasteiger partial charge in [-0.1, -0.05) is 12.1 Å². The maximum absolute atomic E-state index is 10.7. The highest BCUT2D eigenvalue weighted by atomic mass is 35.5. The van der Waals surface area contributed by atoms with Crippen LogP contribution in [-0.4, -0.2) is 5.91 Å². The van der Waals surface area contributed by atoms with Gasteiger partial charge in [0.1, 0.15) is 0 Å². The van der Waals surface area contributed by atoms with Gasteiger partial charge >= 0.3 is 0 Å². The molecule has 0 aliphatic rings. The molecular weight excluding hydrogens is 188 g/mol. The van der Waals surface area contributed by atoms with Gasteiger partial charge in [-0.3, -0.25) is 4.79 Å². The molecule has 72 valence electrons. The first-order valence-corrected chi connectivity index (χ1v) is 3.76. The van der Waals surface area contributed by atoms with E-state index in [4.69, 9.17) is 11.5 Å². The van der Waals surface area contributed by atoms with E-state index in [9.17, 15) is 4.79 Å². The molecular formula is C9H13ClN2O. The summed E-state index contributed by atoms with van der Waals surface area (Å²) in [6.07, 6.45) is 0. The summed E-state index contributed by atoms with van der Waals surface area (Å²) in [5, 5.41) is 0. The van der Waals surface area contributed by atoms with E-state index in [1.807, 2.05) is 19.1 Å². The van der Waals surface area contributed by atoms with Crippen LogP contribution in [0.2, 0.25) is 0 Å². The lowest BCUT2D eigenvalue weighted by Gasteiger charge is -2.04. The van der Waals surface area contributed by atoms with Gasteiger partial charge in [-0.05, 0) is 24.6 Å². The molecule has 1 amide bonds. The van der Waals surface area contributed by atoms with E-state index in [2.05, 4.69) is 0 Å². The molecule has 0 fully saturated rings. The predicted octanol–water partition coefficient (Wildman–Crippen LogP) is 1.23. The standard InChI is InChI=1S/C9H12N2O.ClH/c1-6(10)7-2-4-8(5-3-7)9(11)12;/h2-6H,10H2,1H3,(H2,11,12);1H/t6-;/m0./s1. The second-order valence-corrected chi connectivity index (χ2v) is 2.77. The SMILES string of the molecule is C[C@H](N)c1ccc(C(N)=O)cc1.Cl. The van der Waals surface area contributed by atoms with E-state index in [0.717, 1.165) is 5.56 Å². The van der Waals surface area contributed by atoms with Crippen molar-refractivity contribution >= 4 is 18.3 Å². The van der Waals surface area contributed by atoms with Crippen LogP contribution in [0.1, 0.15) is 28.9 Å². The first kappa shape index (κ1) is 11.9. The second kappa shape index (κ2) is 4.84. The first-order chi connectivity index (χ1) is 5.61. The average Bonchev–Trinajstić information content (AvgIpc) is 2.04. The third kappa shape index (κ3) is 3.05. The fraction of sp³-hybridized carbons (Fsp3) is 0.222. The van der Waals surface area contributed by atoms with Crippen LogP contribution in [0.5, 0.6) is 0 Å². The number of benzene rings is 1. The molecule has 0 heterocycles. The number of halogens is 1. The zero-order valence-corrected chi connectivity index (χ0v) is 8.17. The maximum atomic E-state index is 10.7. The van der Waals surface area contributed by atoms with Crippen molar-refractivity contribution in [2.45, 2.75) is 13.0 Å². The third-order valence-electron chi connectivity index (χ3n) is 1.72. The van der Waals surface area contributed by atoms with Gasteiger partial charge in [-0.2, -0.15) is 0 Å². The molecule has 13 heavy (non-hydrogen) atoms. The van der Waals surface area contributed by atoms with Crippen molar-refractivity contribution in [3.8, 4) is 0 Å². The Labute approximate surface area is 83.5 Å². The minimum absolute atomic E-state index is 0. The number of hydrogen-bond acceptors (Lipinski definition) is 2. The molecule has 0 aliphatic heterocycles. The van der Waals surface area contributed by atoms with E-state index in [0.29, 0.717) is 5.56 Å². The van der Waals surface area contributed by atoms with Crippen molar-refractivity contribution in [3.05, 3.63) is 35.4 Å². The summed E-state index contributed by atoms with van der Waals surface area (Å²) < 4.78 is 0. The van der Waals surface area contributed by atoms with Crippen LogP contribution >= 0.6 is 12.4 Å². The Bertz CT molecular complexity index is 282. The molecule has 1 atom stereocenters. The molecule has 0 saturated carbocycles. The second-order valence-electron chi connectivity index (χ2n) is 2.77. The van der Waals surface area contributed by atoms with E-state index in [1.165, 1.54) is 0 Å². The average molecular weight is 201 g/mol. The van der Waals surface area contributed by atoms with Crippen molar-refractivity contribution < 1.29 is 4.79 Å². The number of primary amides is 1. The van der Waals surface area contributed by atoms with E-state index < -0.39 is 5.91 Å². The normalized spacial score (nSPS) is 11.5. The summed E-state index contributed by atoms with van der Waals surface area (Å²) in [5.74, 6) is -0.411. The fourth-order valence-corrected chi connectivity index (χ4v) is 0.951. The zero-order chi connectivity index (χ0) is 9.14. The van der Waals surface area contributed by atoms with Gasteiger partial charge in [0.2, 0.25) is 5.91 Å². The highest BCUT2D eigenvalue weighted by molar-refractivity contribution is 5.92. The summed E-state index contributed by atoms with van der Waals surface area (Å²) in [7, 11) is 0. The lowest BCUT2D eigenvalue weighted by molar-refractivity contribution is 0.100. The van der Waals surface area contributed by atoms with Crippen LogP contribution in [0.25, 0.3) is 0 Å². The number of carbonyl (C=O) groups is 1. The number of amides is 1. The molecule has 1 rings (SSSR count). The molecule has 0 aliphatic carbocycles. The summed E-state index contributed by atoms with van der Waals surface area (Å²) in [5.41, 5.74) is 12.2. The molecule has 1 aromatic rings. The lowest BCUT2D eigenvalue weighted by atomic mass is 10.1. The molecule has 0 radical (unpaired) electrons. The summed E-state index contributed by atoms with van der Waals surface area (Å²) in [4.78, 5) is 10.7. The predicted molar refractivity (Wildman–Crippen MR) is 54.8 cm³/mol. The first-order valence-electron chi connectivity index (χ1n) is 3.76.